The van der Waals surface area contributed by atoms with Crippen LogP contribution in [0.3, 0.4) is 0 Å². The van der Waals surface area contributed by atoms with Crippen molar-refractivity contribution in [3.05, 3.63) is 0 Å². The van der Waals surface area contributed by atoms with E-state index in [-0.39, 0.29) is 13.2 Å². The van der Waals surface area contributed by atoms with E-state index in [4.69, 9.17) is 4.52 Å². The Morgan fingerprint density at radius 3 is 2.07 bits per heavy atom. The van der Waals surface area contributed by atoms with Crippen LogP contribution in [0.1, 0.15) is 19.3 Å². The van der Waals surface area contributed by atoms with Gasteiger partial charge in [-0.2, -0.15) is 0 Å². The first-order valence-electron chi connectivity index (χ1n) is 8.12. The molecule has 3 amide bonds. The summed E-state index contributed by atoms with van der Waals surface area (Å²) < 4.78 is 34.8. The molecule has 12 nitrogen and oxygen atoms in total. The highest BCUT2D eigenvalue weighted by molar-refractivity contribution is 7.48. The van der Waals surface area contributed by atoms with Crippen LogP contribution < -0.4 is 16.0 Å². The van der Waals surface area contributed by atoms with Crippen molar-refractivity contribution in [2.45, 2.75) is 25.3 Å². The Kier molecular flexibility index (Phi) is 13.2. The van der Waals surface area contributed by atoms with E-state index < -0.39 is 32.0 Å². The van der Waals surface area contributed by atoms with Crippen molar-refractivity contribution in [1.29, 1.82) is 0 Å². The average molecular weight is 413 g/mol. The number of rotatable bonds is 13. The number of carbonyl (C=O) groups is 3. The van der Waals surface area contributed by atoms with Crippen molar-refractivity contribution < 1.29 is 42.0 Å². The quantitative estimate of drug-likeness (QED) is 0.294. The molecule has 0 spiro atoms. The zero-order chi connectivity index (χ0) is 20.7. The molecule has 0 rings (SSSR count). The van der Waals surface area contributed by atoms with Gasteiger partial charge in [0.25, 0.3) is 0 Å². The van der Waals surface area contributed by atoms with Gasteiger partial charge < -0.3 is 25.4 Å². The number of hydrogen-bond acceptors (Lipinski definition) is 9. The molecule has 0 aliphatic carbocycles. The third kappa shape index (κ3) is 11.4. The fraction of sp³-hybridized carbons (Fsp3) is 0.786. The highest BCUT2D eigenvalue weighted by Crippen LogP contribution is 2.47. The van der Waals surface area contributed by atoms with E-state index in [1.165, 1.54) is 21.3 Å². The van der Waals surface area contributed by atoms with Crippen molar-refractivity contribution in [3.8, 4) is 0 Å². The molecule has 1 unspecified atom stereocenters. The van der Waals surface area contributed by atoms with Gasteiger partial charge in [-0.05, 0) is 19.3 Å². The largest absolute Gasteiger partial charge is 0.474 e. The van der Waals surface area contributed by atoms with Gasteiger partial charge in [-0.25, -0.2) is 14.2 Å². The molecule has 0 aliphatic rings. The maximum Gasteiger partial charge on any atom is 0.474 e. The zero-order valence-electron chi connectivity index (χ0n) is 15.9. The first-order valence-corrected chi connectivity index (χ1v) is 9.58. The fourth-order valence-electron chi connectivity index (χ4n) is 1.76. The van der Waals surface area contributed by atoms with E-state index in [1.54, 1.807) is 0 Å². The highest BCUT2D eigenvalue weighted by Gasteiger charge is 2.22. The molecule has 0 heterocycles. The van der Waals surface area contributed by atoms with Gasteiger partial charge in [0.2, 0.25) is 5.91 Å². The summed E-state index contributed by atoms with van der Waals surface area (Å²) in [5, 5.41) is 7.28. The monoisotopic (exact) mass is 413 g/mol. The Morgan fingerprint density at radius 2 is 1.52 bits per heavy atom. The predicted octanol–water partition coefficient (Wildman–Crippen LogP) is 0.771. The fourth-order valence-corrected chi connectivity index (χ4v) is 2.48. The second-order valence-electron chi connectivity index (χ2n) is 5.06. The second kappa shape index (κ2) is 14.2. The molecule has 0 aliphatic heterocycles. The summed E-state index contributed by atoms with van der Waals surface area (Å²) in [6.07, 6.45) is 0.349. The summed E-state index contributed by atoms with van der Waals surface area (Å²) in [7, 11) is 1.33. The molecule has 1 atom stereocenters. The third-order valence-corrected chi connectivity index (χ3v) is 4.64. The van der Waals surface area contributed by atoms with E-state index in [9.17, 15) is 18.9 Å². The lowest BCUT2D eigenvalue weighted by atomic mass is 10.2. The number of phosphoric ester groups is 1. The van der Waals surface area contributed by atoms with Crippen LogP contribution in [0, 0.1) is 0 Å². The van der Waals surface area contributed by atoms with Crippen LogP contribution in [0.15, 0.2) is 0 Å². The van der Waals surface area contributed by atoms with Crippen LogP contribution in [-0.2, 0) is 32.4 Å². The summed E-state index contributed by atoms with van der Waals surface area (Å²) in [4.78, 5) is 34.5. The number of nitrogens with one attached hydrogen (secondary N) is 3. The first kappa shape index (κ1) is 25.1. The Balaban J connectivity index is 4.15. The molecule has 3 N–H and O–H groups in total. The maximum atomic E-state index is 12.1. The minimum absolute atomic E-state index is 0.162. The van der Waals surface area contributed by atoms with Crippen molar-refractivity contribution in [2.75, 3.05) is 48.1 Å². The smallest absolute Gasteiger partial charge is 0.453 e. The van der Waals surface area contributed by atoms with Crippen molar-refractivity contribution >= 4 is 25.9 Å². The highest BCUT2D eigenvalue weighted by atomic mass is 31.2. The van der Waals surface area contributed by atoms with E-state index in [0.717, 1.165) is 7.11 Å². The average Bonchev–Trinajstić information content (AvgIpc) is 2.69. The molecule has 0 saturated carbocycles. The van der Waals surface area contributed by atoms with Gasteiger partial charge >= 0.3 is 20.0 Å². The summed E-state index contributed by atoms with van der Waals surface area (Å²) in [6.45, 7) is 0.357. The van der Waals surface area contributed by atoms with Gasteiger partial charge in [0, 0.05) is 20.8 Å². The van der Waals surface area contributed by atoms with E-state index in [0.29, 0.717) is 25.8 Å². The molecular formula is C14H28N3O9P. The number of phosphoric acid groups is 1. The van der Waals surface area contributed by atoms with E-state index in [1.807, 2.05) is 0 Å². The molecule has 27 heavy (non-hydrogen) atoms. The van der Waals surface area contributed by atoms with Crippen LogP contribution in [0.25, 0.3) is 0 Å². The topological polar surface area (TPSA) is 151 Å². The van der Waals surface area contributed by atoms with E-state index in [2.05, 4.69) is 34.5 Å². The second-order valence-corrected chi connectivity index (χ2v) is 6.94. The van der Waals surface area contributed by atoms with Gasteiger partial charge in [0.1, 0.15) is 6.04 Å². The Hall–Kier alpha value is -1.88. The van der Waals surface area contributed by atoms with Crippen LogP contribution >= 0.6 is 7.82 Å². The number of amides is 3. The molecule has 0 aromatic rings. The maximum absolute atomic E-state index is 12.1. The van der Waals surface area contributed by atoms with Gasteiger partial charge in [-0.1, -0.05) is 0 Å². The van der Waals surface area contributed by atoms with Crippen LogP contribution in [0.4, 0.5) is 9.59 Å². The zero-order valence-corrected chi connectivity index (χ0v) is 16.8. The van der Waals surface area contributed by atoms with Gasteiger partial charge in [-0.3, -0.25) is 18.4 Å². The van der Waals surface area contributed by atoms with Crippen molar-refractivity contribution in [3.63, 3.8) is 0 Å². The summed E-state index contributed by atoms with van der Waals surface area (Å²) in [6, 6.07) is -1.02. The third-order valence-electron chi connectivity index (χ3n) is 3.25. The van der Waals surface area contributed by atoms with Gasteiger partial charge in [0.05, 0.1) is 27.4 Å². The van der Waals surface area contributed by atoms with Crippen molar-refractivity contribution in [2.24, 2.45) is 0 Å². The summed E-state index contributed by atoms with van der Waals surface area (Å²) in [5.74, 6) is -0.490. The van der Waals surface area contributed by atoms with Crippen LogP contribution in [0.5, 0.6) is 0 Å². The predicted molar refractivity (Wildman–Crippen MR) is 94.2 cm³/mol. The molecule has 0 aromatic carbocycles. The molecular weight excluding hydrogens is 385 g/mol. The normalized spacial score (nSPS) is 12.0. The summed E-state index contributed by atoms with van der Waals surface area (Å²) >= 11 is 0. The number of unbranched alkanes of at least 4 members (excludes halogenated alkanes) is 2. The Morgan fingerprint density at radius 1 is 0.889 bits per heavy atom. The summed E-state index contributed by atoms with van der Waals surface area (Å²) in [5.41, 5.74) is 0. The molecule has 0 bridgehead atoms. The van der Waals surface area contributed by atoms with Crippen molar-refractivity contribution in [1.82, 2.24) is 16.0 Å². The molecule has 158 valence electrons. The molecule has 0 aromatic heterocycles. The lowest BCUT2D eigenvalue weighted by Crippen LogP contribution is -2.52. The molecule has 13 heteroatoms. The Bertz CT molecular complexity index is 510. The lowest BCUT2D eigenvalue weighted by Gasteiger charge is -2.18. The minimum Gasteiger partial charge on any atom is -0.453 e. The minimum atomic E-state index is -3.47. The SMILES string of the molecule is COC(=O)NCC(NC(=O)OC)C(=O)NCCCCCOP(=O)(OC)OC. The van der Waals surface area contributed by atoms with E-state index >= 15 is 0 Å². The number of hydrogen-bond donors (Lipinski definition) is 3. The Labute approximate surface area is 158 Å². The molecule has 0 saturated heterocycles. The molecule has 0 radical (unpaired) electrons. The molecule has 0 fully saturated rings. The number of alkyl carbamates (subject to hydrolysis) is 2. The van der Waals surface area contributed by atoms with Gasteiger partial charge in [-0.15, -0.1) is 0 Å². The number of ether oxygens (including phenoxy) is 2. The first-order chi connectivity index (χ1) is 12.8. The van der Waals surface area contributed by atoms with Crippen LogP contribution in [-0.4, -0.2) is 72.3 Å². The number of carbonyl (C=O) groups excluding carboxylic acids is 3. The van der Waals surface area contributed by atoms with Gasteiger partial charge in [0.15, 0.2) is 0 Å². The van der Waals surface area contributed by atoms with Crippen LogP contribution in [0.2, 0.25) is 0 Å². The lowest BCUT2D eigenvalue weighted by molar-refractivity contribution is -0.122. The standard InChI is InChI=1S/C14H28N3O9P/c1-22-13(19)16-10-11(17-14(20)23-2)12(18)15-8-6-5-7-9-26-27(21,24-3)25-4/h11H,5-10H2,1-4H3,(H,15,18)(H,16,19)(H,17,20). The number of methoxy groups -OCH3 is 2.